The fourth-order valence-electron chi connectivity index (χ4n) is 2.84. The third kappa shape index (κ3) is 4.55. The number of rotatable bonds is 9. The van der Waals surface area contributed by atoms with Crippen LogP contribution in [0.15, 0.2) is 12.1 Å². The lowest BCUT2D eigenvalue weighted by Gasteiger charge is -2.25. The predicted molar refractivity (Wildman–Crippen MR) is 98.9 cm³/mol. The third-order valence-electron chi connectivity index (χ3n) is 4.03. The van der Waals surface area contributed by atoms with Crippen LogP contribution in [0.2, 0.25) is 0 Å². The number of amides is 1. The van der Waals surface area contributed by atoms with Crippen molar-refractivity contribution in [1.82, 2.24) is 4.90 Å². The number of esters is 1. The summed E-state index contributed by atoms with van der Waals surface area (Å²) in [4.78, 5) is 25.6. The smallest absolute Gasteiger partial charge is 0.305 e. The Hall–Kier alpha value is -2.09. The van der Waals surface area contributed by atoms with Gasteiger partial charge in [0, 0.05) is 13.0 Å². The predicted octanol–water partition coefficient (Wildman–Crippen LogP) is 2.63. The number of thioether (sulfide) groups is 1. The van der Waals surface area contributed by atoms with E-state index in [1.54, 1.807) is 44.9 Å². The summed E-state index contributed by atoms with van der Waals surface area (Å²) in [5.41, 5.74) is 0.895. The van der Waals surface area contributed by atoms with Gasteiger partial charge in [0.2, 0.25) is 11.7 Å². The number of methoxy groups -OCH3 is 3. The van der Waals surface area contributed by atoms with Gasteiger partial charge in [0.25, 0.3) is 0 Å². The average Bonchev–Trinajstić information content (AvgIpc) is 3.01. The first-order valence-corrected chi connectivity index (χ1v) is 9.47. The molecule has 1 saturated heterocycles. The minimum absolute atomic E-state index is 0.0533. The maximum absolute atomic E-state index is 12.3. The first-order valence-electron chi connectivity index (χ1n) is 8.42. The maximum atomic E-state index is 12.3. The van der Waals surface area contributed by atoms with Gasteiger partial charge in [-0.2, -0.15) is 0 Å². The summed E-state index contributed by atoms with van der Waals surface area (Å²) in [6, 6.07) is 3.71. The van der Waals surface area contributed by atoms with Crippen LogP contribution in [0.5, 0.6) is 17.2 Å². The van der Waals surface area contributed by atoms with Crippen LogP contribution in [-0.2, 0) is 14.3 Å². The van der Waals surface area contributed by atoms with Crippen molar-refractivity contribution in [3.05, 3.63) is 17.7 Å². The highest BCUT2D eigenvalue weighted by Gasteiger charge is 2.33. The second-order valence-electron chi connectivity index (χ2n) is 5.62. The number of carbonyl (C=O) groups is 2. The lowest BCUT2D eigenvalue weighted by Crippen LogP contribution is -2.29. The molecule has 1 aromatic rings. The van der Waals surface area contributed by atoms with Crippen LogP contribution in [0.1, 0.15) is 30.7 Å². The summed E-state index contributed by atoms with van der Waals surface area (Å²) < 4.78 is 21.1. The van der Waals surface area contributed by atoms with Gasteiger partial charge in [-0.3, -0.25) is 9.59 Å². The molecule has 0 saturated carbocycles. The topological polar surface area (TPSA) is 74.3 Å². The molecule has 0 bridgehead atoms. The van der Waals surface area contributed by atoms with Crippen LogP contribution >= 0.6 is 11.8 Å². The highest BCUT2D eigenvalue weighted by molar-refractivity contribution is 8.00. The Morgan fingerprint density at radius 2 is 1.85 bits per heavy atom. The molecule has 0 aliphatic carbocycles. The molecule has 7 nitrogen and oxygen atoms in total. The fraction of sp³-hybridized carbons (Fsp3) is 0.556. The molecule has 0 radical (unpaired) electrons. The molecule has 26 heavy (non-hydrogen) atoms. The van der Waals surface area contributed by atoms with E-state index in [-0.39, 0.29) is 17.3 Å². The van der Waals surface area contributed by atoms with E-state index < -0.39 is 0 Å². The van der Waals surface area contributed by atoms with Crippen molar-refractivity contribution >= 4 is 23.6 Å². The summed E-state index contributed by atoms with van der Waals surface area (Å²) >= 11 is 1.54. The number of carbonyl (C=O) groups excluding carboxylic acids is 2. The Morgan fingerprint density at radius 3 is 2.38 bits per heavy atom. The zero-order valence-corrected chi connectivity index (χ0v) is 16.4. The summed E-state index contributed by atoms with van der Waals surface area (Å²) in [6.45, 7) is 2.64. The number of ether oxygens (including phenoxy) is 4. The van der Waals surface area contributed by atoms with Crippen molar-refractivity contribution in [2.75, 3.05) is 40.2 Å². The lowest BCUT2D eigenvalue weighted by atomic mass is 10.1. The summed E-state index contributed by atoms with van der Waals surface area (Å²) in [5.74, 6) is 1.83. The van der Waals surface area contributed by atoms with Crippen molar-refractivity contribution in [2.45, 2.75) is 25.1 Å². The van der Waals surface area contributed by atoms with Gasteiger partial charge < -0.3 is 23.8 Å². The molecule has 1 heterocycles. The van der Waals surface area contributed by atoms with Gasteiger partial charge in [-0.05, 0) is 31.0 Å². The Labute approximate surface area is 157 Å². The highest BCUT2D eigenvalue weighted by atomic mass is 32.2. The standard InChI is InChI=1S/C18H25NO6S/c1-5-25-16(21)7-6-8-19-15(20)11-26-18(19)12-9-13(22-2)17(24-4)14(10-12)23-3/h9-10,18H,5-8,11H2,1-4H3. The minimum Gasteiger partial charge on any atom is -0.493 e. The zero-order valence-electron chi connectivity index (χ0n) is 15.6. The van der Waals surface area contributed by atoms with Gasteiger partial charge in [0.1, 0.15) is 5.37 Å². The van der Waals surface area contributed by atoms with Crippen molar-refractivity contribution in [3.63, 3.8) is 0 Å². The van der Waals surface area contributed by atoms with E-state index in [1.807, 2.05) is 12.1 Å². The van der Waals surface area contributed by atoms with E-state index in [0.717, 1.165) is 5.56 Å². The molecule has 1 aliphatic rings. The summed E-state index contributed by atoms with van der Waals surface area (Å²) in [5, 5.41) is -0.154. The first-order chi connectivity index (χ1) is 12.5. The van der Waals surface area contributed by atoms with E-state index in [2.05, 4.69) is 0 Å². The molecule has 0 N–H and O–H groups in total. The monoisotopic (exact) mass is 383 g/mol. The van der Waals surface area contributed by atoms with Gasteiger partial charge in [0.15, 0.2) is 11.5 Å². The molecule has 0 aromatic heterocycles. The number of hydrogen-bond acceptors (Lipinski definition) is 7. The van der Waals surface area contributed by atoms with Crippen molar-refractivity contribution < 1.29 is 28.5 Å². The number of nitrogens with zero attached hydrogens (tertiary/aromatic N) is 1. The molecule has 144 valence electrons. The third-order valence-corrected chi connectivity index (χ3v) is 5.28. The second-order valence-corrected chi connectivity index (χ2v) is 6.69. The summed E-state index contributed by atoms with van der Waals surface area (Å²) in [6.07, 6.45) is 0.857. The Morgan fingerprint density at radius 1 is 1.19 bits per heavy atom. The van der Waals surface area contributed by atoms with Crippen molar-refractivity contribution in [2.24, 2.45) is 0 Å². The van der Waals surface area contributed by atoms with Crippen LogP contribution in [0, 0.1) is 0 Å². The molecule has 2 rings (SSSR count). The van der Waals surface area contributed by atoms with Gasteiger partial charge >= 0.3 is 5.97 Å². The largest absolute Gasteiger partial charge is 0.493 e. The fourth-order valence-corrected chi connectivity index (χ4v) is 4.04. The van der Waals surface area contributed by atoms with Gasteiger partial charge in [-0.1, -0.05) is 0 Å². The van der Waals surface area contributed by atoms with E-state index in [9.17, 15) is 9.59 Å². The van der Waals surface area contributed by atoms with E-state index in [0.29, 0.717) is 49.0 Å². The van der Waals surface area contributed by atoms with Crippen LogP contribution in [0.3, 0.4) is 0 Å². The Bertz CT molecular complexity index is 626. The van der Waals surface area contributed by atoms with E-state index in [1.165, 1.54) is 0 Å². The van der Waals surface area contributed by atoms with Crippen LogP contribution in [0.4, 0.5) is 0 Å². The average molecular weight is 383 g/mol. The lowest BCUT2D eigenvalue weighted by molar-refractivity contribution is -0.143. The second kappa shape index (κ2) is 9.56. The van der Waals surface area contributed by atoms with Crippen molar-refractivity contribution in [3.8, 4) is 17.2 Å². The van der Waals surface area contributed by atoms with E-state index >= 15 is 0 Å². The zero-order chi connectivity index (χ0) is 19.1. The normalized spacial score (nSPS) is 16.5. The quantitative estimate of drug-likeness (QED) is 0.607. The maximum Gasteiger partial charge on any atom is 0.305 e. The minimum atomic E-state index is -0.240. The number of benzene rings is 1. The molecule has 1 atom stereocenters. The van der Waals surface area contributed by atoms with Crippen molar-refractivity contribution in [1.29, 1.82) is 0 Å². The number of hydrogen-bond donors (Lipinski definition) is 0. The SMILES string of the molecule is CCOC(=O)CCCN1C(=O)CSC1c1cc(OC)c(OC)c(OC)c1. The molecule has 0 spiro atoms. The molecular formula is C18H25NO6S. The molecular weight excluding hydrogens is 358 g/mol. The van der Waals surface area contributed by atoms with Gasteiger partial charge in [0.05, 0.1) is 33.7 Å². The van der Waals surface area contributed by atoms with Crippen LogP contribution in [-0.4, -0.2) is 57.0 Å². The molecule has 1 aromatic carbocycles. The Kier molecular flexibility index (Phi) is 7.44. The van der Waals surface area contributed by atoms with Crippen LogP contribution < -0.4 is 14.2 Å². The van der Waals surface area contributed by atoms with Crippen LogP contribution in [0.25, 0.3) is 0 Å². The first kappa shape index (κ1) is 20.2. The van der Waals surface area contributed by atoms with Gasteiger partial charge in [-0.25, -0.2) is 0 Å². The Balaban J connectivity index is 2.17. The highest BCUT2D eigenvalue weighted by Crippen LogP contribution is 2.45. The molecule has 1 aliphatic heterocycles. The molecule has 1 fully saturated rings. The van der Waals surface area contributed by atoms with E-state index in [4.69, 9.17) is 18.9 Å². The van der Waals surface area contributed by atoms with Gasteiger partial charge in [-0.15, -0.1) is 11.8 Å². The molecule has 8 heteroatoms. The summed E-state index contributed by atoms with van der Waals surface area (Å²) in [7, 11) is 4.67. The molecule has 1 amide bonds. The molecule has 1 unspecified atom stereocenters.